The van der Waals surface area contributed by atoms with Crippen molar-refractivity contribution >= 4 is 11.9 Å². The van der Waals surface area contributed by atoms with Crippen LogP contribution in [0.1, 0.15) is 48.5 Å². The molecule has 2 N–H and O–H groups in total. The van der Waals surface area contributed by atoms with E-state index < -0.39 is 28.3 Å². The molecule has 0 aliphatic rings. The van der Waals surface area contributed by atoms with E-state index in [0.717, 1.165) is 0 Å². The van der Waals surface area contributed by atoms with Gasteiger partial charge in [0.2, 0.25) is 0 Å². The third kappa shape index (κ3) is 3.34. The largest absolute Gasteiger partial charge is 0.477 e. The molecule has 0 aromatic carbocycles. The minimum Gasteiger partial charge on any atom is -0.477 e. The first-order chi connectivity index (χ1) is 7.83. The molecule has 0 heterocycles. The van der Waals surface area contributed by atoms with Gasteiger partial charge in [0, 0.05) is 0 Å². The zero-order valence-corrected chi connectivity index (χ0v) is 12.3. The molecule has 0 rings (SSSR count). The van der Waals surface area contributed by atoms with E-state index in [9.17, 15) is 19.8 Å². The third-order valence-corrected chi connectivity index (χ3v) is 3.52. The van der Waals surface area contributed by atoms with Crippen molar-refractivity contribution in [1.29, 1.82) is 0 Å². The maximum Gasteiger partial charge on any atom is 0.343 e. The molecule has 0 aliphatic heterocycles. The molecule has 0 fully saturated rings. The van der Waals surface area contributed by atoms with Crippen LogP contribution in [0.3, 0.4) is 0 Å². The molecule has 18 heavy (non-hydrogen) atoms. The van der Waals surface area contributed by atoms with Crippen LogP contribution < -0.4 is 0 Å². The average Bonchev–Trinajstić information content (AvgIpc) is 2.09. The van der Waals surface area contributed by atoms with Crippen molar-refractivity contribution in [2.75, 3.05) is 0 Å². The van der Waals surface area contributed by atoms with E-state index in [0.29, 0.717) is 5.57 Å². The van der Waals surface area contributed by atoms with E-state index in [1.807, 2.05) is 48.5 Å². The van der Waals surface area contributed by atoms with E-state index in [2.05, 4.69) is 0 Å². The second-order valence-electron chi connectivity index (χ2n) is 6.49. The monoisotopic (exact) mass is 256 g/mol. The predicted molar refractivity (Wildman–Crippen MR) is 70.4 cm³/mol. The van der Waals surface area contributed by atoms with Crippen molar-refractivity contribution in [2.45, 2.75) is 48.5 Å². The maximum atomic E-state index is 11.3. The lowest BCUT2D eigenvalue weighted by Crippen LogP contribution is -2.34. The molecule has 0 bridgehead atoms. The third-order valence-electron chi connectivity index (χ3n) is 3.52. The quantitative estimate of drug-likeness (QED) is 0.460. The summed E-state index contributed by atoms with van der Waals surface area (Å²) < 4.78 is 0. The van der Waals surface area contributed by atoms with Crippen molar-refractivity contribution in [3.05, 3.63) is 11.1 Å². The zero-order valence-electron chi connectivity index (χ0n) is 12.3. The Hall–Kier alpha value is -1.32. The highest BCUT2D eigenvalue weighted by atomic mass is 16.4. The van der Waals surface area contributed by atoms with Crippen LogP contribution in [0.2, 0.25) is 0 Å². The van der Waals surface area contributed by atoms with Gasteiger partial charge in [-0.2, -0.15) is 0 Å². The Kier molecular flexibility index (Phi) is 4.75. The van der Waals surface area contributed by atoms with Gasteiger partial charge in [0.1, 0.15) is 5.57 Å². The van der Waals surface area contributed by atoms with Gasteiger partial charge in [-0.3, -0.25) is 0 Å². The van der Waals surface area contributed by atoms with E-state index in [4.69, 9.17) is 0 Å². The molecule has 0 amide bonds. The predicted octanol–water partition coefficient (Wildman–Crippen LogP) is 3.18. The smallest absolute Gasteiger partial charge is 0.343 e. The fourth-order valence-electron chi connectivity index (χ4n) is 2.26. The van der Waals surface area contributed by atoms with Crippen LogP contribution >= 0.6 is 0 Å². The Balaban J connectivity index is 6.34. The Morgan fingerprint density at radius 1 is 0.889 bits per heavy atom. The summed E-state index contributed by atoms with van der Waals surface area (Å²) in [5.74, 6) is -2.61. The molecule has 4 heteroatoms. The number of allylic oxidation sites excluding steroid dienone is 1. The standard InChI is InChI=1S/C14H24O4/c1-8(2)14(6,7)10(13(3,4)5)9(11(15)16)12(17)18/h8H,1-7H3,(H,15,16)(H,17,18). The molecule has 0 radical (unpaired) electrons. The van der Waals surface area contributed by atoms with Crippen molar-refractivity contribution in [3.8, 4) is 0 Å². The van der Waals surface area contributed by atoms with Crippen LogP contribution in [0.4, 0.5) is 0 Å². The molecule has 104 valence electrons. The van der Waals surface area contributed by atoms with Gasteiger partial charge in [0.15, 0.2) is 0 Å². The molecular formula is C14H24O4. The molecular weight excluding hydrogens is 232 g/mol. The number of carbonyl (C=O) groups is 2. The highest BCUT2D eigenvalue weighted by Crippen LogP contribution is 2.46. The van der Waals surface area contributed by atoms with Gasteiger partial charge in [0.05, 0.1) is 0 Å². The van der Waals surface area contributed by atoms with Crippen LogP contribution in [0.15, 0.2) is 11.1 Å². The van der Waals surface area contributed by atoms with Crippen LogP contribution in [0.25, 0.3) is 0 Å². The number of carboxylic acids is 2. The number of carboxylic acid groups (broad SMARTS) is 2. The van der Waals surface area contributed by atoms with Gasteiger partial charge in [-0.1, -0.05) is 48.5 Å². The summed E-state index contributed by atoms with van der Waals surface area (Å²) in [4.78, 5) is 22.5. The van der Waals surface area contributed by atoms with E-state index in [1.165, 1.54) is 0 Å². The Morgan fingerprint density at radius 3 is 1.39 bits per heavy atom. The maximum absolute atomic E-state index is 11.3. The first-order valence-corrected chi connectivity index (χ1v) is 6.05. The summed E-state index contributed by atoms with van der Waals surface area (Å²) in [6.07, 6.45) is 0. The Morgan fingerprint density at radius 2 is 1.22 bits per heavy atom. The van der Waals surface area contributed by atoms with Crippen molar-refractivity contribution < 1.29 is 19.8 Å². The fourth-order valence-corrected chi connectivity index (χ4v) is 2.26. The molecule has 0 aromatic rings. The van der Waals surface area contributed by atoms with Crippen LogP contribution in [0, 0.1) is 16.7 Å². The van der Waals surface area contributed by atoms with Crippen LogP contribution in [0.5, 0.6) is 0 Å². The highest BCUT2D eigenvalue weighted by molar-refractivity contribution is 6.13. The molecule has 0 saturated heterocycles. The zero-order chi connectivity index (χ0) is 14.9. The van der Waals surface area contributed by atoms with Gasteiger partial charge in [-0.05, 0) is 22.3 Å². The van der Waals surface area contributed by atoms with Gasteiger partial charge in [-0.15, -0.1) is 0 Å². The minimum atomic E-state index is -1.37. The van der Waals surface area contributed by atoms with Gasteiger partial charge < -0.3 is 10.2 Å². The molecule has 0 unspecified atom stereocenters. The highest BCUT2D eigenvalue weighted by Gasteiger charge is 2.40. The molecule has 4 nitrogen and oxygen atoms in total. The molecule has 0 aliphatic carbocycles. The summed E-state index contributed by atoms with van der Waals surface area (Å²) in [7, 11) is 0. The summed E-state index contributed by atoms with van der Waals surface area (Å²) in [6.45, 7) is 13.3. The van der Waals surface area contributed by atoms with Crippen molar-refractivity contribution in [1.82, 2.24) is 0 Å². The normalized spacial score (nSPS) is 12.4. The lowest BCUT2D eigenvalue weighted by atomic mass is 9.64. The fraction of sp³-hybridized carbons (Fsp3) is 0.714. The number of rotatable bonds is 4. The van der Waals surface area contributed by atoms with E-state index in [-0.39, 0.29) is 5.92 Å². The number of hydrogen-bond acceptors (Lipinski definition) is 2. The van der Waals surface area contributed by atoms with Gasteiger partial charge >= 0.3 is 11.9 Å². The van der Waals surface area contributed by atoms with Gasteiger partial charge in [-0.25, -0.2) is 9.59 Å². The SMILES string of the molecule is CC(C)C(C)(C)C(=C(C(=O)O)C(=O)O)C(C)(C)C. The molecule has 0 saturated carbocycles. The minimum absolute atomic E-state index is 0.139. The van der Waals surface area contributed by atoms with Crippen molar-refractivity contribution in [3.63, 3.8) is 0 Å². The molecule has 0 aromatic heterocycles. The Labute approximate surface area is 109 Å². The number of hydrogen-bond donors (Lipinski definition) is 2. The summed E-state index contributed by atoms with van der Waals surface area (Å²) in [5, 5.41) is 18.4. The topological polar surface area (TPSA) is 74.6 Å². The first-order valence-electron chi connectivity index (χ1n) is 6.05. The summed E-state index contributed by atoms with van der Waals surface area (Å²) >= 11 is 0. The summed E-state index contributed by atoms with van der Waals surface area (Å²) in [5.41, 5.74) is -1.03. The van der Waals surface area contributed by atoms with Crippen molar-refractivity contribution in [2.24, 2.45) is 16.7 Å². The molecule has 0 atom stereocenters. The van der Waals surface area contributed by atoms with Crippen LogP contribution in [-0.4, -0.2) is 22.2 Å². The molecule has 0 spiro atoms. The lowest BCUT2D eigenvalue weighted by molar-refractivity contribution is -0.140. The van der Waals surface area contributed by atoms with E-state index in [1.54, 1.807) is 0 Å². The van der Waals surface area contributed by atoms with E-state index >= 15 is 0 Å². The summed E-state index contributed by atoms with van der Waals surface area (Å²) in [6, 6.07) is 0. The second kappa shape index (κ2) is 5.12. The van der Waals surface area contributed by atoms with Gasteiger partial charge in [0.25, 0.3) is 0 Å². The lowest BCUT2D eigenvalue weighted by Gasteiger charge is -2.40. The Bertz CT molecular complexity index is 365. The first kappa shape index (κ1) is 16.7. The van der Waals surface area contributed by atoms with Crippen LogP contribution in [-0.2, 0) is 9.59 Å². The average molecular weight is 256 g/mol. The second-order valence-corrected chi connectivity index (χ2v) is 6.49. The number of aliphatic carboxylic acids is 2.